The van der Waals surface area contributed by atoms with E-state index in [1.807, 2.05) is 51.1 Å². The van der Waals surface area contributed by atoms with Crippen molar-refractivity contribution in [3.63, 3.8) is 0 Å². The SMILES string of the molecule is CC(C)(C)[C@H](c1nn(-c2cc(F)ccc2F)cc1Cc1ccccc1)N(CCCN1C(=O)c2ccccc2C1=O)C(=O)CCC(=O)O. The molecule has 0 spiro atoms. The highest BCUT2D eigenvalue weighted by Gasteiger charge is 2.39. The molecule has 0 bridgehead atoms. The van der Waals surface area contributed by atoms with Crippen molar-refractivity contribution in [1.29, 1.82) is 0 Å². The predicted octanol–water partition coefficient (Wildman–Crippen LogP) is 6.21. The third-order valence-electron chi connectivity index (χ3n) is 8.14. The minimum Gasteiger partial charge on any atom is -0.481 e. The van der Waals surface area contributed by atoms with Crippen LogP contribution in [-0.2, 0) is 16.0 Å². The Morgan fingerprint density at radius 1 is 0.915 bits per heavy atom. The van der Waals surface area contributed by atoms with Crippen LogP contribution in [0.2, 0.25) is 0 Å². The number of carboxylic acids is 1. The number of aromatic nitrogens is 2. The maximum atomic E-state index is 15.0. The number of carbonyl (C=O) groups is 4. The van der Waals surface area contributed by atoms with Crippen molar-refractivity contribution in [2.45, 2.75) is 52.5 Å². The van der Waals surface area contributed by atoms with Crippen LogP contribution in [0.15, 0.2) is 79.0 Å². The van der Waals surface area contributed by atoms with Crippen LogP contribution in [0.3, 0.4) is 0 Å². The van der Waals surface area contributed by atoms with E-state index in [0.717, 1.165) is 28.7 Å². The summed E-state index contributed by atoms with van der Waals surface area (Å²) in [4.78, 5) is 54.0. The molecular weight excluding hydrogens is 606 g/mol. The number of imide groups is 1. The van der Waals surface area contributed by atoms with E-state index in [4.69, 9.17) is 5.10 Å². The highest BCUT2D eigenvalue weighted by Crippen LogP contribution is 2.40. The second-order valence-electron chi connectivity index (χ2n) is 12.7. The maximum Gasteiger partial charge on any atom is 0.303 e. The molecule has 3 aromatic carbocycles. The third-order valence-corrected chi connectivity index (χ3v) is 8.14. The van der Waals surface area contributed by atoms with Crippen LogP contribution in [0.5, 0.6) is 0 Å². The van der Waals surface area contributed by atoms with E-state index in [1.54, 1.807) is 35.4 Å². The minimum atomic E-state index is -1.13. The van der Waals surface area contributed by atoms with Crippen LogP contribution in [0.25, 0.3) is 5.69 Å². The Morgan fingerprint density at radius 2 is 1.55 bits per heavy atom. The number of nitrogens with zero attached hydrogens (tertiary/aromatic N) is 4. The van der Waals surface area contributed by atoms with Gasteiger partial charge in [0.1, 0.15) is 17.3 Å². The van der Waals surface area contributed by atoms with Crippen molar-refractivity contribution < 1.29 is 33.1 Å². The van der Waals surface area contributed by atoms with Gasteiger partial charge in [-0.15, -0.1) is 0 Å². The predicted molar refractivity (Wildman–Crippen MR) is 170 cm³/mol. The quantitative estimate of drug-likeness (QED) is 0.184. The van der Waals surface area contributed by atoms with Gasteiger partial charge in [0.25, 0.3) is 11.8 Å². The number of hydrogen-bond donors (Lipinski definition) is 1. The number of fused-ring (bicyclic) bond motifs is 1. The van der Waals surface area contributed by atoms with Gasteiger partial charge in [-0.25, -0.2) is 13.5 Å². The van der Waals surface area contributed by atoms with Crippen LogP contribution >= 0.6 is 0 Å². The van der Waals surface area contributed by atoms with E-state index in [2.05, 4.69) is 0 Å². The van der Waals surface area contributed by atoms with Crippen molar-refractivity contribution in [2.24, 2.45) is 5.41 Å². The van der Waals surface area contributed by atoms with Crippen molar-refractivity contribution >= 4 is 23.7 Å². The summed E-state index contributed by atoms with van der Waals surface area (Å²) in [5.74, 6) is -3.74. The van der Waals surface area contributed by atoms with Gasteiger partial charge >= 0.3 is 5.97 Å². The zero-order valence-corrected chi connectivity index (χ0v) is 26.5. The largest absolute Gasteiger partial charge is 0.481 e. The highest BCUT2D eigenvalue weighted by atomic mass is 19.1. The molecule has 0 saturated carbocycles. The molecule has 11 heteroatoms. The minimum absolute atomic E-state index is 0.0335. The first kappa shape index (κ1) is 33.2. The van der Waals surface area contributed by atoms with Crippen LogP contribution in [-0.4, -0.2) is 61.5 Å². The molecule has 1 aliphatic rings. The molecule has 9 nitrogen and oxygen atoms in total. The molecule has 0 unspecified atom stereocenters. The Bertz CT molecular complexity index is 1780. The molecule has 4 aromatic rings. The first-order valence-electron chi connectivity index (χ1n) is 15.4. The molecule has 244 valence electrons. The first-order chi connectivity index (χ1) is 22.3. The summed E-state index contributed by atoms with van der Waals surface area (Å²) < 4.78 is 30.5. The lowest BCUT2D eigenvalue weighted by Crippen LogP contribution is -2.43. The van der Waals surface area contributed by atoms with Crippen LogP contribution in [0.4, 0.5) is 8.78 Å². The lowest BCUT2D eigenvalue weighted by atomic mass is 9.81. The van der Waals surface area contributed by atoms with Gasteiger partial charge < -0.3 is 10.0 Å². The number of benzene rings is 3. The molecule has 0 fully saturated rings. The molecule has 0 radical (unpaired) electrons. The van der Waals surface area contributed by atoms with Gasteiger partial charge in [0.15, 0.2) is 0 Å². The number of carboxylic acid groups (broad SMARTS) is 1. The van der Waals surface area contributed by atoms with Crippen LogP contribution < -0.4 is 0 Å². The smallest absolute Gasteiger partial charge is 0.303 e. The number of rotatable bonds is 12. The van der Waals surface area contributed by atoms with Crippen LogP contribution in [0.1, 0.15) is 83.6 Å². The number of halogens is 2. The molecule has 47 heavy (non-hydrogen) atoms. The lowest BCUT2D eigenvalue weighted by molar-refractivity contribution is -0.143. The van der Waals surface area contributed by atoms with Gasteiger partial charge in [0, 0.05) is 43.8 Å². The summed E-state index contributed by atoms with van der Waals surface area (Å²) >= 11 is 0. The Balaban J connectivity index is 1.54. The molecule has 1 atom stereocenters. The van der Waals surface area contributed by atoms with Gasteiger partial charge in [0.05, 0.1) is 29.3 Å². The van der Waals surface area contributed by atoms with E-state index in [-0.39, 0.29) is 31.6 Å². The Morgan fingerprint density at radius 3 is 2.17 bits per heavy atom. The zero-order valence-electron chi connectivity index (χ0n) is 26.5. The van der Waals surface area contributed by atoms with E-state index < -0.39 is 53.2 Å². The third kappa shape index (κ3) is 7.29. The molecular formula is C36H36F2N4O5. The summed E-state index contributed by atoms with van der Waals surface area (Å²) in [6, 6.07) is 18.4. The van der Waals surface area contributed by atoms with Gasteiger partial charge in [-0.3, -0.25) is 24.1 Å². The van der Waals surface area contributed by atoms with E-state index in [9.17, 15) is 33.1 Å². The number of carbonyl (C=O) groups excluding carboxylic acids is 3. The monoisotopic (exact) mass is 642 g/mol. The second kappa shape index (κ2) is 13.7. The summed E-state index contributed by atoms with van der Waals surface area (Å²) in [6.45, 7) is 5.83. The molecule has 3 amide bonds. The summed E-state index contributed by atoms with van der Waals surface area (Å²) in [6.07, 6.45) is 1.51. The van der Waals surface area contributed by atoms with E-state index in [1.165, 1.54) is 4.68 Å². The van der Waals surface area contributed by atoms with E-state index >= 15 is 0 Å². The van der Waals surface area contributed by atoms with Gasteiger partial charge in [-0.05, 0) is 41.7 Å². The lowest BCUT2D eigenvalue weighted by Gasteiger charge is -2.40. The first-order valence-corrected chi connectivity index (χ1v) is 15.4. The summed E-state index contributed by atoms with van der Waals surface area (Å²) in [7, 11) is 0. The van der Waals surface area contributed by atoms with Crippen molar-refractivity contribution in [3.8, 4) is 5.69 Å². The number of aliphatic carboxylic acids is 1. The Kier molecular flexibility index (Phi) is 9.64. The average molecular weight is 643 g/mol. The molecule has 1 aromatic heterocycles. The fraction of sp³-hybridized carbons (Fsp3) is 0.306. The molecule has 1 N–H and O–H groups in total. The van der Waals surface area contributed by atoms with Crippen molar-refractivity contribution in [2.75, 3.05) is 13.1 Å². The Hall–Kier alpha value is -5.19. The highest BCUT2D eigenvalue weighted by molar-refractivity contribution is 6.21. The second-order valence-corrected chi connectivity index (χ2v) is 12.7. The fourth-order valence-corrected chi connectivity index (χ4v) is 6.01. The molecule has 0 aliphatic carbocycles. The van der Waals surface area contributed by atoms with E-state index in [0.29, 0.717) is 28.8 Å². The maximum absolute atomic E-state index is 15.0. The van der Waals surface area contributed by atoms with Crippen molar-refractivity contribution in [1.82, 2.24) is 19.6 Å². The van der Waals surface area contributed by atoms with Gasteiger partial charge in [-0.2, -0.15) is 5.10 Å². The number of hydrogen-bond acceptors (Lipinski definition) is 5. The zero-order chi connectivity index (χ0) is 33.9. The van der Waals surface area contributed by atoms with Crippen LogP contribution in [0, 0.1) is 17.0 Å². The molecule has 5 rings (SSSR count). The fourth-order valence-electron chi connectivity index (χ4n) is 6.01. The Labute approximate surface area is 271 Å². The molecule has 1 aliphatic heterocycles. The molecule has 2 heterocycles. The van der Waals surface area contributed by atoms with Gasteiger partial charge in [-0.1, -0.05) is 63.2 Å². The summed E-state index contributed by atoms with van der Waals surface area (Å²) in [5, 5.41) is 14.1. The van der Waals surface area contributed by atoms with Crippen molar-refractivity contribution in [3.05, 3.63) is 119 Å². The topological polar surface area (TPSA) is 113 Å². The normalized spacial score (nSPS) is 13.5. The summed E-state index contributed by atoms with van der Waals surface area (Å²) in [5.41, 5.74) is 1.88. The average Bonchev–Trinajstić information content (AvgIpc) is 3.54. The molecule has 0 saturated heterocycles. The number of amides is 3. The standard InChI is InChI=1S/C36H36F2N4O5/c1-36(2,3)33(32-24(20-23-10-5-4-6-11-23)22-42(39-32)29-21-25(37)14-15-28(29)38)40(30(43)16-17-31(44)45)18-9-19-41-34(46)26-12-7-8-13-27(26)35(41)47/h4-8,10-15,21-22,33H,9,16-20H2,1-3H3,(H,44,45)/t33-/m0/s1. The van der Waals surface area contributed by atoms with Gasteiger partial charge in [0.2, 0.25) is 5.91 Å².